The predicted molar refractivity (Wildman–Crippen MR) is 112 cm³/mol. The van der Waals surface area contributed by atoms with Crippen LogP contribution in [0, 0.1) is 11.7 Å². The zero-order chi connectivity index (χ0) is 21.8. The lowest BCUT2D eigenvalue weighted by Crippen LogP contribution is -2.43. The molecule has 8 nitrogen and oxygen atoms in total. The number of amides is 2. The van der Waals surface area contributed by atoms with Crippen molar-refractivity contribution in [3.63, 3.8) is 0 Å². The van der Waals surface area contributed by atoms with Crippen molar-refractivity contribution in [3.8, 4) is 11.5 Å². The van der Waals surface area contributed by atoms with Gasteiger partial charge in [0, 0.05) is 31.4 Å². The van der Waals surface area contributed by atoms with E-state index in [-0.39, 0.29) is 22.7 Å². The van der Waals surface area contributed by atoms with Gasteiger partial charge in [-0.15, -0.1) is 0 Å². The minimum Gasteiger partial charge on any atom is -0.486 e. The largest absolute Gasteiger partial charge is 0.486 e. The number of carbonyl (C=O) groups excluding carboxylic acids is 1. The maximum absolute atomic E-state index is 13.0. The number of halogens is 1. The summed E-state index contributed by atoms with van der Waals surface area (Å²) < 4.78 is 51.8. The Balaban J connectivity index is 1.27. The molecule has 2 N–H and O–H groups in total. The second kappa shape index (κ2) is 9.11. The fraction of sp³-hybridized carbons (Fsp3) is 0.381. The molecule has 166 valence electrons. The molecule has 1 fully saturated rings. The normalized spacial score (nSPS) is 16.7. The van der Waals surface area contributed by atoms with Crippen molar-refractivity contribution in [1.82, 2.24) is 9.62 Å². The van der Waals surface area contributed by atoms with Gasteiger partial charge in [-0.1, -0.05) is 0 Å². The van der Waals surface area contributed by atoms with Crippen molar-refractivity contribution < 1.29 is 27.1 Å². The molecule has 10 heteroatoms. The number of benzene rings is 2. The first-order chi connectivity index (χ1) is 14.9. The van der Waals surface area contributed by atoms with Crippen LogP contribution in [0.2, 0.25) is 0 Å². The number of ether oxygens (including phenoxy) is 2. The second-order valence-electron chi connectivity index (χ2n) is 7.52. The third-order valence-corrected chi connectivity index (χ3v) is 6.80. The first kappa shape index (κ1) is 21.4. The average molecular weight is 450 g/mol. The van der Waals surface area contributed by atoms with Gasteiger partial charge in [0.25, 0.3) is 0 Å². The van der Waals surface area contributed by atoms with Gasteiger partial charge in [-0.2, -0.15) is 0 Å². The lowest BCUT2D eigenvalue weighted by molar-refractivity contribution is 0.171. The zero-order valence-corrected chi connectivity index (χ0v) is 17.7. The Bertz CT molecular complexity index is 1040. The molecule has 31 heavy (non-hydrogen) atoms. The van der Waals surface area contributed by atoms with Crippen LogP contribution in [0.5, 0.6) is 11.5 Å². The Kier molecular flexibility index (Phi) is 6.28. The SMILES string of the molecule is O=C(Nc1ccc(F)cc1)N1CCC(CNS(=O)(=O)c2ccc3c(c2)OCCO3)CC1. The number of hydrogen-bond acceptors (Lipinski definition) is 5. The summed E-state index contributed by atoms with van der Waals surface area (Å²) in [5.74, 6) is 0.727. The fourth-order valence-electron chi connectivity index (χ4n) is 3.58. The van der Waals surface area contributed by atoms with Crippen molar-refractivity contribution in [2.75, 3.05) is 38.2 Å². The van der Waals surface area contributed by atoms with Crippen LogP contribution >= 0.6 is 0 Å². The zero-order valence-electron chi connectivity index (χ0n) is 16.8. The van der Waals surface area contributed by atoms with Gasteiger partial charge in [-0.25, -0.2) is 22.3 Å². The van der Waals surface area contributed by atoms with E-state index in [4.69, 9.17) is 9.47 Å². The van der Waals surface area contributed by atoms with Crippen molar-refractivity contribution in [1.29, 1.82) is 0 Å². The first-order valence-corrected chi connectivity index (χ1v) is 11.6. The van der Waals surface area contributed by atoms with Crippen LogP contribution in [-0.4, -0.2) is 52.2 Å². The fourth-order valence-corrected chi connectivity index (χ4v) is 4.71. The van der Waals surface area contributed by atoms with E-state index in [1.165, 1.54) is 36.4 Å². The summed E-state index contributed by atoms with van der Waals surface area (Å²) in [7, 11) is -3.68. The van der Waals surface area contributed by atoms with E-state index >= 15 is 0 Å². The number of urea groups is 1. The summed E-state index contributed by atoms with van der Waals surface area (Å²) in [5, 5.41) is 2.74. The Morgan fingerprint density at radius 2 is 1.71 bits per heavy atom. The molecular formula is C21H24FN3O5S. The molecule has 0 unspecified atom stereocenters. The number of likely N-dealkylation sites (tertiary alicyclic amines) is 1. The van der Waals surface area contributed by atoms with E-state index in [0.717, 1.165) is 0 Å². The van der Waals surface area contributed by atoms with Crippen molar-refractivity contribution in [2.24, 2.45) is 5.92 Å². The average Bonchev–Trinajstić information content (AvgIpc) is 2.79. The summed E-state index contributed by atoms with van der Waals surface area (Å²) in [6.07, 6.45) is 1.36. The van der Waals surface area contributed by atoms with E-state index in [1.54, 1.807) is 11.0 Å². The number of hydrogen-bond donors (Lipinski definition) is 2. The third-order valence-electron chi connectivity index (χ3n) is 5.38. The van der Waals surface area contributed by atoms with Crippen LogP contribution in [-0.2, 0) is 10.0 Å². The maximum atomic E-state index is 13.0. The number of nitrogens with one attached hydrogen (secondary N) is 2. The molecule has 2 heterocycles. The van der Waals surface area contributed by atoms with Crippen LogP contribution in [0.25, 0.3) is 0 Å². The lowest BCUT2D eigenvalue weighted by Gasteiger charge is -2.32. The highest BCUT2D eigenvalue weighted by Crippen LogP contribution is 2.32. The molecule has 2 amide bonds. The number of carbonyl (C=O) groups is 1. The number of fused-ring (bicyclic) bond motifs is 1. The topological polar surface area (TPSA) is 97.0 Å². The van der Waals surface area contributed by atoms with Crippen molar-refractivity contribution in [2.45, 2.75) is 17.7 Å². The van der Waals surface area contributed by atoms with E-state index < -0.39 is 10.0 Å². The highest BCUT2D eigenvalue weighted by molar-refractivity contribution is 7.89. The van der Waals surface area contributed by atoms with Gasteiger partial charge in [0.1, 0.15) is 19.0 Å². The molecule has 0 radical (unpaired) electrons. The summed E-state index contributed by atoms with van der Waals surface area (Å²) in [5.41, 5.74) is 0.528. The standard InChI is InChI=1S/C21H24FN3O5S/c22-16-1-3-17(4-2-16)24-21(26)25-9-7-15(8-10-25)14-23-31(27,28)18-5-6-19-20(13-18)30-12-11-29-19/h1-6,13,15,23H,7-12,14H2,(H,24,26). The minimum atomic E-state index is -3.68. The summed E-state index contributed by atoms with van der Waals surface area (Å²) >= 11 is 0. The molecule has 0 aromatic heterocycles. The number of sulfonamides is 1. The van der Waals surface area contributed by atoms with E-state index in [1.807, 2.05) is 0 Å². The molecule has 1 saturated heterocycles. The van der Waals surface area contributed by atoms with Gasteiger partial charge >= 0.3 is 6.03 Å². The summed E-state index contributed by atoms with van der Waals surface area (Å²) in [6, 6.07) is 9.91. The number of nitrogens with zero attached hydrogens (tertiary/aromatic N) is 1. The molecule has 0 aliphatic carbocycles. The maximum Gasteiger partial charge on any atom is 0.321 e. The van der Waals surface area contributed by atoms with Crippen LogP contribution in [0.1, 0.15) is 12.8 Å². The Morgan fingerprint density at radius 1 is 1.03 bits per heavy atom. The van der Waals surface area contributed by atoms with E-state index in [9.17, 15) is 17.6 Å². The van der Waals surface area contributed by atoms with Gasteiger partial charge in [0.15, 0.2) is 11.5 Å². The van der Waals surface area contributed by atoms with Crippen LogP contribution in [0.3, 0.4) is 0 Å². The highest BCUT2D eigenvalue weighted by Gasteiger charge is 2.25. The summed E-state index contributed by atoms with van der Waals surface area (Å²) in [6.45, 7) is 2.16. The Morgan fingerprint density at radius 3 is 2.42 bits per heavy atom. The highest BCUT2D eigenvalue weighted by atomic mass is 32.2. The molecule has 2 aliphatic heterocycles. The van der Waals surface area contributed by atoms with Gasteiger partial charge in [-0.05, 0) is 55.2 Å². The predicted octanol–water partition coefficient (Wildman–Crippen LogP) is 2.82. The number of piperidine rings is 1. The quantitative estimate of drug-likeness (QED) is 0.732. The Hall–Kier alpha value is -2.85. The molecule has 0 spiro atoms. The molecule has 4 rings (SSSR count). The van der Waals surface area contributed by atoms with E-state index in [0.29, 0.717) is 62.9 Å². The van der Waals surface area contributed by atoms with Crippen molar-refractivity contribution >= 4 is 21.7 Å². The van der Waals surface area contributed by atoms with E-state index in [2.05, 4.69) is 10.0 Å². The minimum absolute atomic E-state index is 0.127. The third kappa shape index (κ3) is 5.26. The summed E-state index contributed by atoms with van der Waals surface area (Å²) in [4.78, 5) is 14.2. The molecule has 2 aromatic carbocycles. The van der Waals surface area contributed by atoms with Gasteiger partial charge < -0.3 is 19.7 Å². The van der Waals surface area contributed by atoms with Crippen LogP contribution in [0.15, 0.2) is 47.4 Å². The van der Waals surface area contributed by atoms with Crippen LogP contribution < -0.4 is 19.5 Å². The smallest absolute Gasteiger partial charge is 0.321 e. The molecule has 0 atom stereocenters. The van der Waals surface area contributed by atoms with Gasteiger partial charge in [-0.3, -0.25) is 0 Å². The van der Waals surface area contributed by atoms with Crippen molar-refractivity contribution in [3.05, 3.63) is 48.3 Å². The first-order valence-electron chi connectivity index (χ1n) is 10.1. The molecule has 2 aromatic rings. The van der Waals surface area contributed by atoms with Crippen LogP contribution in [0.4, 0.5) is 14.9 Å². The Labute approximate surface area is 180 Å². The second-order valence-corrected chi connectivity index (χ2v) is 9.29. The number of anilines is 1. The van der Waals surface area contributed by atoms with Gasteiger partial charge in [0.05, 0.1) is 4.90 Å². The molecule has 0 saturated carbocycles. The van der Waals surface area contributed by atoms with Gasteiger partial charge in [0.2, 0.25) is 10.0 Å². The monoisotopic (exact) mass is 449 g/mol. The molecule has 2 aliphatic rings. The molecule has 0 bridgehead atoms. The number of rotatable bonds is 5. The molecular weight excluding hydrogens is 425 g/mol. The lowest BCUT2D eigenvalue weighted by atomic mass is 9.97.